The minimum atomic E-state index is -0.185. The molecule has 1 atom stereocenters. The Labute approximate surface area is 160 Å². The highest BCUT2D eigenvalue weighted by atomic mass is 16.3. The molecule has 2 aliphatic heterocycles. The number of hydrogen-bond acceptors (Lipinski definition) is 5. The van der Waals surface area contributed by atoms with Crippen molar-refractivity contribution >= 4 is 11.9 Å². The third kappa shape index (κ3) is 5.23. The number of likely N-dealkylation sites (tertiary alicyclic amines) is 1. The number of amides is 3. The van der Waals surface area contributed by atoms with Crippen molar-refractivity contribution in [3.63, 3.8) is 0 Å². The van der Waals surface area contributed by atoms with Gasteiger partial charge < -0.3 is 24.9 Å². The van der Waals surface area contributed by atoms with Crippen LogP contribution < -0.4 is 10.6 Å². The second kappa shape index (κ2) is 8.75. The van der Waals surface area contributed by atoms with Crippen LogP contribution in [-0.2, 0) is 0 Å². The number of urea groups is 1. The Morgan fingerprint density at radius 1 is 1.15 bits per heavy atom. The molecule has 27 heavy (non-hydrogen) atoms. The first-order valence-corrected chi connectivity index (χ1v) is 9.71. The van der Waals surface area contributed by atoms with Gasteiger partial charge in [0.15, 0.2) is 5.76 Å². The Balaban J connectivity index is 1.39. The average Bonchev–Trinajstić information content (AvgIpc) is 3.09. The number of carbonyl (C=O) groups is 2. The van der Waals surface area contributed by atoms with Gasteiger partial charge in [-0.25, -0.2) is 4.79 Å². The fraction of sp³-hybridized carbons (Fsp3) is 0.684. The minimum Gasteiger partial charge on any atom is -0.456 e. The third-order valence-electron chi connectivity index (χ3n) is 5.55. The first-order valence-electron chi connectivity index (χ1n) is 9.71. The van der Waals surface area contributed by atoms with Crippen molar-refractivity contribution in [2.45, 2.75) is 31.8 Å². The molecule has 8 heteroatoms. The standard InChI is InChI=1S/C19H31N5O3/c1-14-4-5-17(27-14)18(25)21-15-6-8-24(9-7-15)19(26)20-12-16-13-22(2)10-11-23(16)3/h4-5,15-16H,6-13H2,1-3H3,(H,20,26)(H,21,25)/t16-/m1/s1. The molecular weight excluding hydrogens is 346 g/mol. The number of aryl methyl sites for hydroxylation is 1. The Morgan fingerprint density at radius 2 is 1.89 bits per heavy atom. The Hall–Kier alpha value is -2.06. The molecule has 2 saturated heterocycles. The van der Waals surface area contributed by atoms with Gasteiger partial charge in [-0.15, -0.1) is 0 Å². The van der Waals surface area contributed by atoms with E-state index in [4.69, 9.17) is 4.42 Å². The second-order valence-electron chi connectivity index (χ2n) is 7.73. The third-order valence-corrected chi connectivity index (χ3v) is 5.55. The zero-order valence-corrected chi connectivity index (χ0v) is 16.5. The monoisotopic (exact) mass is 377 g/mol. The minimum absolute atomic E-state index is 0.0111. The van der Waals surface area contributed by atoms with Crippen LogP contribution in [0.3, 0.4) is 0 Å². The fourth-order valence-corrected chi connectivity index (χ4v) is 3.68. The van der Waals surface area contributed by atoms with Crippen molar-refractivity contribution in [2.75, 3.05) is 53.4 Å². The largest absolute Gasteiger partial charge is 0.456 e. The van der Waals surface area contributed by atoms with E-state index in [-0.39, 0.29) is 18.0 Å². The molecule has 3 amide bonds. The SMILES string of the molecule is Cc1ccc(C(=O)NC2CCN(C(=O)NC[C@@H]3CN(C)CCN3C)CC2)o1. The number of furan rings is 1. The summed E-state index contributed by atoms with van der Waals surface area (Å²) in [6.45, 7) is 6.83. The van der Waals surface area contributed by atoms with E-state index < -0.39 is 0 Å². The zero-order valence-electron chi connectivity index (χ0n) is 16.5. The molecule has 0 saturated carbocycles. The topological polar surface area (TPSA) is 81.1 Å². The van der Waals surface area contributed by atoms with Crippen molar-refractivity contribution in [2.24, 2.45) is 0 Å². The molecule has 2 aliphatic rings. The molecule has 0 bridgehead atoms. The lowest BCUT2D eigenvalue weighted by Gasteiger charge is -2.38. The van der Waals surface area contributed by atoms with Gasteiger partial charge in [0, 0.05) is 51.4 Å². The number of piperazine rings is 1. The number of nitrogens with zero attached hydrogens (tertiary/aromatic N) is 3. The van der Waals surface area contributed by atoms with E-state index in [0.717, 1.165) is 38.2 Å². The maximum absolute atomic E-state index is 12.5. The van der Waals surface area contributed by atoms with Crippen LogP contribution in [0.2, 0.25) is 0 Å². The smallest absolute Gasteiger partial charge is 0.317 e. The molecule has 0 aromatic carbocycles. The van der Waals surface area contributed by atoms with Crippen molar-refractivity contribution in [3.8, 4) is 0 Å². The van der Waals surface area contributed by atoms with Crippen LogP contribution in [0.5, 0.6) is 0 Å². The molecule has 3 heterocycles. The van der Waals surface area contributed by atoms with Crippen LogP contribution in [-0.4, -0.2) is 92.1 Å². The summed E-state index contributed by atoms with van der Waals surface area (Å²) >= 11 is 0. The predicted molar refractivity (Wildman–Crippen MR) is 103 cm³/mol. The van der Waals surface area contributed by atoms with E-state index in [0.29, 0.717) is 31.4 Å². The Kier molecular flexibility index (Phi) is 6.38. The highest BCUT2D eigenvalue weighted by Gasteiger charge is 2.27. The van der Waals surface area contributed by atoms with Crippen molar-refractivity contribution in [3.05, 3.63) is 23.7 Å². The first-order chi connectivity index (χ1) is 12.9. The van der Waals surface area contributed by atoms with Gasteiger partial charge in [-0.3, -0.25) is 9.69 Å². The predicted octanol–water partition coefficient (Wildman–Crippen LogP) is 0.738. The van der Waals surface area contributed by atoms with Crippen LogP contribution >= 0.6 is 0 Å². The van der Waals surface area contributed by atoms with E-state index in [1.807, 2.05) is 11.8 Å². The van der Waals surface area contributed by atoms with E-state index in [2.05, 4.69) is 34.5 Å². The summed E-state index contributed by atoms with van der Waals surface area (Å²) in [5, 5.41) is 6.07. The maximum atomic E-state index is 12.5. The molecule has 3 rings (SSSR count). The first kappa shape index (κ1) is 19.7. The van der Waals surface area contributed by atoms with Gasteiger partial charge >= 0.3 is 6.03 Å². The molecule has 1 aromatic heterocycles. The summed E-state index contributed by atoms with van der Waals surface area (Å²) in [5.41, 5.74) is 0. The van der Waals surface area contributed by atoms with Gasteiger partial charge in [0.2, 0.25) is 0 Å². The number of carbonyl (C=O) groups excluding carboxylic acids is 2. The molecule has 0 unspecified atom stereocenters. The number of rotatable bonds is 4. The molecule has 1 aromatic rings. The molecule has 0 aliphatic carbocycles. The number of hydrogen-bond donors (Lipinski definition) is 2. The molecule has 150 valence electrons. The summed E-state index contributed by atoms with van der Waals surface area (Å²) < 4.78 is 5.36. The molecule has 8 nitrogen and oxygen atoms in total. The maximum Gasteiger partial charge on any atom is 0.317 e. The number of likely N-dealkylation sites (N-methyl/N-ethyl adjacent to an activating group) is 2. The summed E-state index contributed by atoms with van der Waals surface area (Å²) in [6.07, 6.45) is 1.51. The molecular formula is C19H31N5O3. The van der Waals surface area contributed by atoms with E-state index in [9.17, 15) is 9.59 Å². The number of nitrogens with one attached hydrogen (secondary N) is 2. The zero-order chi connectivity index (χ0) is 19.4. The van der Waals surface area contributed by atoms with E-state index in [1.54, 1.807) is 12.1 Å². The lowest BCUT2D eigenvalue weighted by Crippen LogP contribution is -2.56. The van der Waals surface area contributed by atoms with Gasteiger partial charge in [0.1, 0.15) is 5.76 Å². The van der Waals surface area contributed by atoms with Crippen LogP contribution in [0.25, 0.3) is 0 Å². The quantitative estimate of drug-likeness (QED) is 0.809. The van der Waals surface area contributed by atoms with Gasteiger partial charge in [0.25, 0.3) is 5.91 Å². The molecule has 0 radical (unpaired) electrons. The van der Waals surface area contributed by atoms with Crippen molar-refractivity contribution in [1.82, 2.24) is 25.3 Å². The number of piperidine rings is 1. The van der Waals surface area contributed by atoms with Crippen LogP contribution in [0.4, 0.5) is 4.79 Å². The average molecular weight is 377 g/mol. The lowest BCUT2D eigenvalue weighted by atomic mass is 10.1. The van der Waals surface area contributed by atoms with E-state index in [1.165, 1.54) is 0 Å². The van der Waals surface area contributed by atoms with Crippen molar-refractivity contribution in [1.29, 1.82) is 0 Å². The Morgan fingerprint density at radius 3 is 2.56 bits per heavy atom. The van der Waals surface area contributed by atoms with Gasteiger partial charge in [-0.2, -0.15) is 0 Å². The van der Waals surface area contributed by atoms with Crippen molar-refractivity contribution < 1.29 is 14.0 Å². The second-order valence-corrected chi connectivity index (χ2v) is 7.73. The summed E-state index contributed by atoms with van der Waals surface area (Å²) in [7, 11) is 4.23. The van der Waals surface area contributed by atoms with Gasteiger partial charge in [0.05, 0.1) is 0 Å². The van der Waals surface area contributed by atoms with Gasteiger partial charge in [-0.1, -0.05) is 0 Å². The summed E-state index contributed by atoms with van der Waals surface area (Å²) in [5.74, 6) is 0.881. The Bertz CT molecular complexity index is 654. The highest BCUT2D eigenvalue weighted by molar-refractivity contribution is 5.91. The van der Waals surface area contributed by atoms with Crippen LogP contribution in [0.1, 0.15) is 29.2 Å². The normalized spacial score (nSPS) is 22.6. The highest BCUT2D eigenvalue weighted by Crippen LogP contribution is 2.13. The van der Waals surface area contributed by atoms with Crippen LogP contribution in [0.15, 0.2) is 16.5 Å². The molecule has 2 fully saturated rings. The van der Waals surface area contributed by atoms with E-state index >= 15 is 0 Å². The lowest BCUT2D eigenvalue weighted by molar-refractivity contribution is 0.0886. The van der Waals surface area contributed by atoms with Crippen LogP contribution in [0, 0.1) is 6.92 Å². The fourth-order valence-electron chi connectivity index (χ4n) is 3.68. The summed E-state index contributed by atoms with van der Waals surface area (Å²) in [4.78, 5) is 31.1. The van der Waals surface area contributed by atoms with Gasteiger partial charge in [-0.05, 0) is 46.0 Å². The molecule has 0 spiro atoms. The molecule has 2 N–H and O–H groups in total. The summed E-state index contributed by atoms with van der Waals surface area (Å²) in [6, 6.07) is 3.88.